The second-order valence-electron chi connectivity index (χ2n) is 6.91. The van der Waals surface area contributed by atoms with Crippen molar-refractivity contribution in [2.24, 2.45) is 4.99 Å². The first-order valence-electron chi connectivity index (χ1n) is 9.97. The number of methoxy groups -OCH3 is 1. The second kappa shape index (κ2) is 12.8. The minimum atomic E-state index is 0. The molecule has 7 nitrogen and oxygen atoms in total. The summed E-state index contributed by atoms with van der Waals surface area (Å²) in [5.41, 5.74) is 1.73. The fourth-order valence-electron chi connectivity index (χ4n) is 2.74. The Morgan fingerprint density at radius 3 is 2.58 bits per heavy atom. The van der Waals surface area contributed by atoms with Gasteiger partial charge < -0.3 is 24.5 Å². The third kappa shape index (κ3) is 8.49. The van der Waals surface area contributed by atoms with Crippen LogP contribution in [0.25, 0.3) is 0 Å². The largest absolute Gasteiger partial charge is 0.491 e. The molecule has 0 aliphatic heterocycles. The first kappa shape index (κ1) is 24.5. The molecule has 0 fully saturated rings. The fraction of sp³-hybridized carbons (Fsp3) is 0.304. The summed E-state index contributed by atoms with van der Waals surface area (Å²) >= 11 is 0. The Labute approximate surface area is 200 Å². The third-order valence-electron chi connectivity index (χ3n) is 4.12. The van der Waals surface area contributed by atoms with Crippen molar-refractivity contribution in [3.05, 3.63) is 72.3 Å². The molecule has 0 aliphatic rings. The number of aliphatic imine (C=N–C) groups is 1. The van der Waals surface area contributed by atoms with Gasteiger partial charge in [0, 0.05) is 24.7 Å². The highest BCUT2D eigenvalue weighted by Crippen LogP contribution is 2.17. The van der Waals surface area contributed by atoms with Crippen molar-refractivity contribution < 1.29 is 13.9 Å². The maximum Gasteiger partial charge on any atom is 0.213 e. The van der Waals surface area contributed by atoms with Crippen LogP contribution >= 0.6 is 24.0 Å². The first-order chi connectivity index (χ1) is 14.6. The molecule has 0 saturated carbocycles. The van der Waals surface area contributed by atoms with Crippen molar-refractivity contribution >= 4 is 35.6 Å². The number of nitrogens with zero attached hydrogens (tertiary/aromatic N) is 2. The molecule has 31 heavy (non-hydrogen) atoms. The minimum absolute atomic E-state index is 0. The van der Waals surface area contributed by atoms with Gasteiger partial charge in [-0.05, 0) is 56.3 Å². The van der Waals surface area contributed by atoms with E-state index >= 15 is 0 Å². The van der Waals surface area contributed by atoms with E-state index in [1.807, 2.05) is 68.4 Å². The average Bonchev–Trinajstić information content (AvgIpc) is 3.26. The number of halogens is 1. The van der Waals surface area contributed by atoms with E-state index in [0.29, 0.717) is 24.9 Å². The molecule has 0 aliphatic carbocycles. The first-order valence-corrected chi connectivity index (χ1v) is 9.97. The summed E-state index contributed by atoms with van der Waals surface area (Å²) in [5, 5.41) is 6.67. The van der Waals surface area contributed by atoms with Gasteiger partial charge in [0.25, 0.3) is 0 Å². The Bertz CT molecular complexity index is 928. The van der Waals surface area contributed by atoms with Crippen molar-refractivity contribution in [2.45, 2.75) is 32.9 Å². The molecule has 0 unspecified atom stereocenters. The predicted molar refractivity (Wildman–Crippen MR) is 134 cm³/mol. The molecule has 3 rings (SSSR count). The van der Waals surface area contributed by atoms with E-state index in [2.05, 4.69) is 20.6 Å². The maximum atomic E-state index is 5.70. The van der Waals surface area contributed by atoms with Crippen LogP contribution in [0.5, 0.6) is 11.6 Å². The molecule has 0 amide bonds. The summed E-state index contributed by atoms with van der Waals surface area (Å²) in [6.07, 6.45) is 2.57. The van der Waals surface area contributed by atoms with E-state index in [9.17, 15) is 0 Å². The maximum absolute atomic E-state index is 5.70. The Morgan fingerprint density at radius 2 is 1.90 bits per heavy atom. The Morgan fingerprint density at radius 1 is 1.10 bits per heavy atom. The molecule has 3 aromatic rings. The number of guanidine groups is 1. The highest BCUT2D eigenvalue weighted by molar-refractivity contribution is 14.0. The lowest BCUT2D eigenvalue weighted by Gasteiger charge is -2.14. The number of rotatable bonds is 9. The molecule has 2 aromatic heterocycles. The lowest BCUT2D eigenvalue weighted by atomic mass is 10.3. The minimum Gasteiger partial charge on any atom is -0.491 e. The zero-order valence-corrected chi connectivity index (χ0v) is 20.3. The summed E-state index contributed by atoms with van der Waals surface area (Å²) in [5.74, 6) is 2.99. The van der Waals surface area contributed by atoms with Crippen molar-refractivity contribution in [2.75, 3.05) is 19.0 Å². The van der Waals surface area contributed by atoms with Gasteiger partial charge in [0.2, 0.25) is 5.88 Å². The van der Waals surface area contributed by atoms with Gasteiger partial charge in [-0.3, -0.25) is 0 Å². The van der Waals surface area contributed by atoms with Gasteiger partial charge in [0.1, 0.15) is 11.5 Å². The van der Waals surface area contributed by atoms with Gasteiger partial charge in [-0.2, -0.15) is 0 Å². The van der Waals surface area contributed by atoms with Gasteiger partial charge >= 0.3 is 0 Å². The van der Waals surface area contributed by atoms with Gasteiger partial charge in [0.05, 0.1) is 31.7 Å². The molecular formula is C23H29IN4O3. The Kier molecular flexibility index (Phi) is 10.2. The van der Waals surface area contributed by atoms with Crippen LogP contribution in [0.15, 0.2) is 70.3 Å². The number of pyridine rings is 1. The number of furan rings is 1. The van der Waals surface area contributed by atoms with Gasteiger partial charge in [-0.25, -0.2) is 9.98 Å². The number of aromatic nitrogens is 1. The molecule has 0 spiro atoms. The zero-order chi connectivity index (χ0) is 21.2. The van der Waals surface area contributed by atoms with Crippen molar-refractivity contribution in [1.82, 2.24) is 10.3 Å². The summed E-state index contributed by atoms with van der Waals surface area (Å²) < 4.78 is 16.3. The van der Waals surface area contributed by atoms with Crippen LogP contribution in [0.1, 0.15) is 25.3 Å². The van der Waals surface area contributed by atoms with E-state index in [0.717, 1.165) is 29.3 Å². The van der Waals surface area contributed by atoms with E-state index in [1.165, 1.54) is 0 Å². The normalized spacial score (nSPS) is 11.0. The quantitative estimate of drug-likeness (QED) is 0.230. The molecule has 166 valence electrons. The molecule has 0 saturated heterocycles. The summed E-state index contributed by atoms with van der Waals surface area (Å²) in [7, 11) is 1.60. The standard InChI is InChI=1S/C23H28N4O3.HI/c1-17(2)30-21-11-9-18(10-12-21)27-23(24-14-13-20-7-5-15-29-20)25-16-19-6-4-8-22(26-19)28-3;/h4-12,15,17H,13-14,16H2,1-3H3,(H2,24,25,27);1H. The van der Waals surface area contributed by atoms with Gasteiger partial charge in [-0.1, -0.05) is 6.07 Å². The van der Waals surface area contributed by atoms with Crippen LogP contribution in [-0.4, -0.2) is 30.7 Å². The van der Waals surface area contributed by atoms with Gasteiger partial charge in [0.15, 0.2) is 5.96 Å². The van der Waals surface area contributed by atoms with E-state index in [-0.39, 0.29) is 30.1 Å². The average molecular weight is 536 g/mol. The lowest BCUT2D eigenvalue weighted by Crippen LogP contribution is -2.32. The number of nitrogens with one attached hydrogen (secondary N) is 2. The van der Waals surface area contributed by atoms with Crippen LogP contribution in [0.2, 0.25) is 0 Å². The second-order valence-corrected chi connectivity index (χ2v) is 6.91. The van der Waals surface area contributed by atoms with Crippen molar-refractivity contribution in [3.63, 3.8) is 0 Å². The predicted octanol–water partition coefficient (Wildman–Crippen LogP) is 4.89. The molecular weight excluding hydrogens is 507 g/mol. The molecule has 0 radical (unpaired) electrons. The molecule has 2 heterocycles. The molecule has 8 heteroatoms. The number of hydrogen-bond acceptors (Lipinski definition) is 5. The number of benzene rings is 1. The molecule has 2 N–H and O–H groups in total. The van der Waals surface area contributed by atoms with Crippen LogP contribution in [0.3, 0.4) is 0 Å². The van der Waals surface area contributed by atoms with Crippen molar-refractivity contribution in [1.29, 1.82) is 0 Å². The van der Waals surface area contributed by atoms with Crippen LogP contribution in [0, 0.1) is 0 Å². The molecule has 1 aromatic carbocycles. The fourth-order valence-corrected chi connectivity index (χ4v) is 2.74. The van der Waals surface area contributed by atoms with E-state index in [4.69, 9.17) is 13.9 Å². The van der Waals surface area contributed by atoms with E-state index < -0.39 is 0 Å². The SMILES string of the molecule is COc1cccc(CN=C(NCCc2ccco2)Nc2ccc(OC(C)C)cc2)n1.I. The monoisotopic (exact) mass is 536 g/mol. The highest BCUT2D eigenvalue weighted by atomic mass is 127. The highest BCUT2D eigenvalue weighted by Gasteiger charge is 2.04. The number of anilines is 1. The summed E-state index contributed by atoms with van der Waals surface area (Å²) in [4.78, 5) is 9.08. The summed E-state index contributed by atoms with van der Waals surface area (Å²) in [6, 6.07) is 17.3. The zero-order valence-electron chi connectivity index (χ0n) is 18.0. The Balaban J connectivity index is 0.00000341. The topological polar surface area (TPSA) is 80.9 Å². The van der Waals surface area contributed by atoms with Crippen LogP contribution in [-0.2, 0) is 13.0 Å². The third-order valence-corrected chi connectivity index (χ3v) is 4.12. The number of hydrogen-bond donors (Lipinski definition) is 2. The smallest absolute Gasteiger partial charge is 0.213 e. The van der Waals surface area contributed by atoms with E-state index in [1.54, 1.807) is 13.4 Å². The number of ether oxygens (including phenoxy) is 2. The van der Waals surface area contributed by atoms with Crippen molar-refractivity contribution in [3.8, 4) is 11.6 Å². The lowest BCUT2D eigenvalue weighted by molar-refractivity contribution is 0.242. The molecule has 0 bridgehead atoms. The van der Waals surface area contributed by atoms with Crippen LogP contribution < -0.4 is 20.1 Å². The summed E-state index contributed by atoms with van der Waals surface area (Å²) in [6.45, 7) is 5.11. The van der Waals surface area contributed by atoms with Crippen LogP contribution in [0.4, 0.5) is 5.69 Å². The Hall–Kier alpha value is -2.75. The molecule has 0 atom stereocenters. The van der Waals surface area contributed by atoms with Gasteiger partial charge in [-0.15, -0.1) is 24.0 Å².